The third-order valence-corrected chi connectivity index (χ3v) is 4.00. The van der Waals surface area contributed by atoms with Crippen LogP contribution in [-0.2, 0) is 0 Å². The Bertz CT molecular complexity index is 332. The van der Waals surface area contributed by atoms with Crippen LogP contribution in [0.15, 0.2) is 24.3 Å². The number of benzene rings is 1. The number of nitrogens with two attached hydrogens (primary N) is 1. The van der Waals surface area contributed by atoms with Crippen LogP contribution in [0.2, 0.25) is 0 Å². The molecule has 0 aromatic heterocycles. The zero-order valence-corrected chi connectivity index (χ0v) is 12.8. The van der Waals surface area contributed by atoms with E-state index in [4.69, 9.17) is 5.73 Å². The fourth-order valence-corrected chi connectivity index (χ4v) is 2.80. The van der Waals surface area contributed by atoms with Gasteiger partial charge in [-0.15, -0.1) is 0 Å². The Kier molecular flexibility index (Phi) is 8.36. The van der Waals surface area contributed by atoms with E-state index in [1.165, 1.54) is 63.4 Å². The minimum Gasteiger partial charge on any atom is -0.398 e. The lowest BCUT2D eigenvalue weighted by Gasteiger charge is -2.19. The number of unbranched alkanes of at least 4 members (excludes halogenated alkanes) is 5. The molecule has 1 rings (SSSR count). The van der Waals surface area contributed by atoms with Gasteiger partial charge in [0.15, 0.2) is 0 Å². The van der Waals surface area contributed by atoms with Crippen molar-refractivity contribution >= 4 is 5.69 Å². The molecule has 1 nitrogen and oxygen atoms in total. The highest BCUT2D eigenvalue weighted by molar-refractivity contribution is 5.48. The summed E-state index contributed by atoms with van der Waals surface area (Å²) in [5.74, 6) is 0.671. The summed E-state index contributed by atoms with van der Waals surface area (Å²) in [6.07, 6.45) is 12.0. The summed E-state index contributed by atoms with van der Waals surface area (Å²) in [5.41, 5.74) is 8.53. The number of anilines is 1. The van der Waals surface area contributed by atoms with Crippen molar-refractivity contribution < 1.29 is 0 Å². The molecule has 108 valence electrons. The van der Waals surface area contributed by atoms with Gasteiger partial charge >= 0.3 is 0 Å². The van der Waals surface area contributed by atoms with Crippen molar-refractivity contribution in [3.8, 4) is 0 Å². The van der Waals surface area contributed by atoms with Gasteiger partial charge in [0.1, 0.15) is 0 Å². The summed E-state index contributed by atoms with van der Waals surface area (Å²) >= 11 is 0. The van der Waals surface area contributed by atoms with Gasteiger partial charge in [-0.05, 0) is 30.4 Å². The second kappa shape index (κ2) is 9.89. The molecule has 1 aromatic carbocycles. The maximum absolute atomic E-state index is 6.16. The third-order valence-electron chi connectivity index (χ3n) is 4.00. The highest BCUT2D eigenvalue weighted by atomic mass is 14.6. The summed E-state index contributed by atoms with van der Waals surface area (Å²) in [4.78, 5) is 0. The molecule has 1 atom stereocenters. The maximum atomic E-state index is 6.16. The second-order valence-corrected chi connectivity index (χ2v) is 5.67. The van der Waals surface area contributed by atoms with Crippen molar-refractivity contribution in [1.29, 1.82) is 0 Å². The Labute approximate surface area is 119 Å². The lowest BCUT2D eigenvalue weighted by Crippen LogP contribution is -2.03. The molecule has 2 N–H and O–H groups in total. The number of nitrogen functional groups attached to an aromatic ring is 1. The SMILES string of the molecule is CCCCCCC(CCCCC)c1ccccc1N. The quantitative estimate of drug-likeness (QED) is 0.411. The van der Waals surface area contributed by atoms with Gasteiger partial charge in [0, 0.05) is 5.69 Å². The van der Waals surface area contributed by atoms with Crippen molar-refractivity contribution in [1.82, 2.24) is 0 Å². The molecule has 0 saturated heterocycles. The molecule has 0 aliphatic heterocycles. The average Bonchev–Trinajstić information content (AvgIpc) is 2.42. The second-order valence-electron chi connectivity index (χ2n) is 5.67. The molecule has 0 bridgehead atoms. The van der Waals surface area contributed by atoms with E-state index < -0.39 is 0 Å². The normalized spacial score (nSPS) is 12.5. The van der Waals surface area contributed by atoms with Gasteiger partial charge in [-0.25, -0.2) is 0 Å². The number of hydrogen-bond acceptors (Lipinski definition) is 1. The number of hydrogen-bond donors (Lipinski definition) is 1. The van der Waals surface area contributed by atoms with Crippen LogP contribution in [0.25, 0.3) is 0 Å². The van der Waals surface area contributed by atoms with Crippen molar-refractivity contribution in [2.24, 2.45) is 0 Å². The van der Waals surface area contributed by atoms with Gasteiger partial charge in [0.05, 0.1) is 0 Å². The Hall–Kier alpha value is -0.980. The molecule has 1 aromatic rings. The first-order valence-electron chi connectivity index (χ1n) is 8.14. The smallest absolute Gasteiger partial charge is 0.0349 e. The Morgan fingerprint density at radius 2 is 1.42 bits per heavy atom. The van der Waals surface area contributed by atoms with Gasteiger partial charge in [-0.1, -0.05) is 77.0 Å². The van der Waals surface area contributed by atoms with E-state index in [0.29, 0.717) is 5.92 Å². The van der Waals surface area contributed by atoms with E-state index in [0.717, 1.165) is 5.69 Å². The molecule has 0 aliphatic rings. The number of rotatable bonds is 10. The van der Waals surface area contributed by atoms with Crippen molar-refractivity contribution in [2.45, 2.75) is 77.6 Å². The van der Waals surface area contributed by atoms with Gasteiger partial charge in [0.25, 0.3) is 0 Å². The third kappa shape index (κ3) is 6.13. The topological polar surface area (TPSA) is 26.0 Å². The van der Waals surface area contributed by atoms with Gasteiger partial charge in [-0.3, -0.25) is 0 Å². The van der Waals surface area contributed by atoms with Crippen molar-refractivity contribution in [2.75, 3.05) is 5.73 Å². The van der Waals surface area contributed by atoms with Crippen molar-refractivity contribution in [3.05, 3.63) is 29.8 Å². The van der Waals surface area contributed by atoms with Crippen LogP contribution in [-0.4, -0.2) is 0 Å². The summed E-state index contributed by atoms with van der Waals surface area (Å²) in [7, 11) is 0. The lowest BCUT2D eigenvalue weighted by atomic mass is 9.87. The Balaban J connectivity index is 2.55. The van der Waals surface area contributed by atoms with Crippen LogP contribution in [0, 0.1) is 0 Å². The summed E-state index contributed by atoms with van der Waals surface area (Å²) in [6.45, 7) is 4.54. The first-order valence-corrected chi connectivity index (χ1v) is 8.14. The molecular formula is C18H31N. The molecular weight excluding hydrogens is 230 g/mol. The average molecular weight is 261 g/mol. The fraction of sp³-hybridized carbons (Fsp3) is 0.667. The molecule has 0 spiro atoms. The summed E-state index contributed by atoms with van der Waals surface area (Å²) in [6, 6.07) is 8.45. The first kappa shape index (κ1) is 16.1. The van der Waals surface area contributed by atoms with Crippen LogP contribution in [0.4, 0.5) is 5.69 Å². The minimum atomic E-state index is 0.671. The predicted molar refractivity (Wildman–Crippen MR) is 86.5 cm³/mol. The molecule has 1 heteroatoms. The minimum absolute atomic E-state index is 0.671. The molecule has 0 fully saturated rings. The van der Waals surface area contributed by atoms with E-state index in [1.807, 2.05) is 12.1 Å². The van der Waals surface area contributed by atoms with E-state index in [1.54, 1.807) is 0 Å². The highest BCUT2D eigenvalue weighted by Crippen LogP contribution is 2.31. The Morgan fingerprint density at radius 1 is 0.842 bits per heavy atom. The van der Waals surface area contributed by atoms with Gasteiger partial charge in [0.2, 0.25) is 0 Å². The summed E-state index contributed by atoms with van der Waals surface area (Å²) in [5, 5.41) is 0. The Morgan fingerprint density at radius 3 is 2.05 bits per heavy atom. The van der Waals surface area contributed by atoms with Crippen molar-refractivity contribution in [3.63, 3.8) is 0 Å². The molecule has 0 amide bonds. The molecule has 0 radical (unpaired) electrons. The molecule has 0 saturated carbocycles. The van der Waals surface area contributed by atoms with E-state index >= 15 is 0 Å². The standard InChI is InChI=1S/C18H31N/c1-3-5-7-9-13-16(12-8-6-4-2)17-14-10-11-15-18(17)19/h10-11,14-16H,3-9,12-13,19H2,1-2H3. The fourth-order valence-electron chi connectivity index (χ4n) is 2.80. The van der Waals surface area contributed by atoms with Gasteiger partial charge in [-0.2, -0.15) is 0 Å². The zero-order valence-electron chi connectivity index (χ0n) is 12.8. The van der Waals surface area contributed by atoms with Crippen LogP contribution < -0.4 is 5.73 Å². The highest BCUT2D eigenvalue weighted by Gasteiger charge is 2.13. The van der Waals surface area contributed by atoms with E-state index in [-0.39, 0.29) is 0 Å². The molecule has 0 heterocycles. The van der Waals surface area contributed by atoms with Crippen LogP contribution in [0.3, 0.4) is 0 Å². The first-order chi connectivity index (χ1) is 9.29. The van der Waals surface area contributed by atoms with Crippen LogP contribution in [0.5, 0.6) is 0 Å². The molecule has 1 unspecified atom stereocenters. The molecule has 0 aliphatic carbocycles. The largest absolute Gasteiger partial charge is 0.398 e. The maximum Gasteiger partial charge on any atom is 0.0349 e. The zero-order chi connectivity index (χ0) is 13.9. The molecule has 19 heavy (non-hydrogen) atoms. The van der Waals surface area contributed by atoms with Crippen LogP contribution in [0.1, 0.15) is 83.1 Å². The van der Waals surface area contributed by atoms with Crippen LogP contribution >= 0.6 is 0 Å². The predicted octanol–water partition coefficient (Wildman–Crippen LogP) is 5.90. The monoisotopic (exact) mass is 261 g/mol. The number of para-hydroxylation sites is 1. The lowest BCUT2D eigenvalue weighted by molar-refractivity contribution is 0.502. The van der Waals surface area contributed by atoms with E-state index in [9.17, 15) is 0 Å². The summed E-state index contributed by atoms with van der Waals surface area (Å²) < 4.78 is 0. The van der Waals surface area contributed by atoms with Gasteiger partial charge < -0.3 is 5.73 Å². The van der Waals surface area contributed by atoms with E-state index in [2.05, 4.69) is 26.0 Å².